The van der Waals surface area contributed by atoms with E-state index in [4.69, 9.17) is 0 Å². The van der Waals surface area contributed by atoms with E-state index in [0.29, 0.717) is 10.9 Å². The van der Waals surface area contributed by atoms with Crippen LogP contribution < -0.4 is 5.32 Å². The molecule has 22 heavy (non-hydrogen) atoms. The molecule has 0 aliphatic carbocycles. The summed E-state index contributed by atoms with van der Waals surface area (Å²) in [6, 6.07) is 11.7. The lowest BCUT2D eigenvalue weighted by molar-refractivity contribution is -0.113. The van der Waals surface area contributed by atoms with Gasteiger partial charge in [-0.3, -0.25) is 9.20 Å². The van der Waals surface area contributed by atoms with Gasteiger partial charge in [-0.25, -0.2) is 0 Å². The molecule has 1 N–H and O–H groups in total. The number of amides is 1. The van der Waals surface area contributed by atoms with Gasteiger partial charge in [0, 0.05) is 11.9 Å². The van der Waals surface area contributed by atoms with Crippen molar-refractivity contribution < 1.29 is 4.79 Å². The highest BCUT2D eigenvalue weighted by Crippen LogP contribution is 2.19. The molecule has 0 aliphatic heterocycles. The molecule has 0 aliphatic rings. The number of hydrogen-bond donors (Lipinski definition) is 1. The number of nitrogens with one attached hydrogen (secondary N) is 1. The Morgan fingerprint density at radius 1 is 1.23 bits per heavy atom. The minimum Gasteiger partial charge on any atom is -0.325 e. The molecule has 0 radical (unpaired) electrons. The number of aromatic nitrogens is 3. The highest BCUT2D eigenvalue weighted by Gasteiger charge is 2.10. The highest BCUT2D eigenvalue weighted by molar-refractivity contribution is 7.99. The first-order valence-electron chi connectivity index (χ1n) is 6.93. The zero-order valence-electron chi connectivity index (χ0n) is 12.4. The molecule has 1 aromatic carbocycles. The monoisotopic (exact) mass is 312 g/mol. The van der Waals surface area contributed by atoms with E-state index in [2.05, 4.69) is 15.5 Å². The molecule has 0 atom stereocenters. The van der Waals surface area contributed by atoms with E-state index in [0.717, 1.165) is 22.5 Å². The summed E-state index contributed by atoms with van der Waals surface area (Å²) in [7, 11) is 0. The Morgan fingerprint density at radius 2 is 2.09 bits per heavy atom. The second-order valence-electron chi connectivity index (χ2n) is 5.07. The van der Waals surface area contributed by atoms with Crippen molar-refractivity contribution in [3.05, 3.63) is 53.7 Å². The summed E-state index contributed by atoms with van der Waals surface area (Å²) in [4.78, 5) is 12.1. The lowest BCUT2D eigenvalue weighted by atomic mass is 10.1. The summed E-state index contributed by atoms with van der Waals surface area (Å²) in [5.41, 5.74) is 3.81. The van der Waals surface area contributed by atoms with Crippen LogP contribution in [0, 0.1) is 13.8 Å². The third-order valence-corrected chi connectivity index (χ3v) is 4.23. The highest BCUT2D eigenvalue weighted by atomic mass is 32.2. The largest absolute Gasteiger partial charge is 0.325 e. The first kappa shape index (κ1) is 14.6. The third kappa shape index (κ3) is 3.12. The smallest absolute Gasteiger partial charge is 0.234 e. The normalized spacial score (nSPS) is 10.8. The third-order valence-electron chi connectivity index (χ3n) is 3.28. The van der Waals surface area contributed by atoms with Crippen molar-refractivity contribution in [3.8, 4) is 0 Å². The average molecular weight is 312 g/mol. The van der Waals surface area contributed by atoms with Gasteiger partial charge in [0.1, 0.15) is 0 Å². The second kappa shape index (κ2) is 6.19. The van der Waals surface area contributed by atoms with Gasteiger partial charge >= 0.3 is 0 Å². The number of pyridine rings is 1. The van der Waals surface area contributed by atoms with Crippen molar-refractivity contribution in [2.45, 2.75) is 19.0 Å². The van der Waals surface area contributed by atoms with Crippen LogP contribution in [0.25, 0.3) is 5.65 Å². The summed E-state index contributed by atoms with van der Waals surface area (Å²) in [5, 5.41) is 11.8. The van der Waals surface area contributed by atoms with Crippen LogP contribution in [0.4, 0.5) is 5.69 Å². The molecule has 0 spiro atoms. The van der Waals surface area contributed by atoms with Gasteiger partial charge in [0.15, 0.2) is 10.8 Å². The van der Waals surface area contributed by atoms with Crippen LogP contribution in [0.2, 0.25) is 0 Å². The van der Waals surface area contributed by atoms with Gasteiger partial charge in [-0.2, -0.15) is 0 Å². The number of aryl methyl sites for hydroxylation is 2. The molecule has 112 valence electrons. The molecule has 0 fully saturated rings. The van der Waals surface area contributed by atoms with Crippen LogP contribution in [0.3, 0.4) is 0 Å². The predicted molar refractivity (Wildman–Crippen MR) is 88.3 cm³/mol. The zero-order chi connectivity index (χ0) is 15.5. The van der Waals surface area contributed by atoms with Crippen molar-refractivity contribution in [1.29, 1.82) is 0 Å². The van der Waals surface area contributed by atoms with E-state index >= 15 is 0 Å². The molecular formula is C16H16N4OS. The van der Waals surface area contributed by atoms with Crippen molar-refractivity contribution in [2.24, 2.45) is 0 Å². The van der Waals surface area contributed by atoms with Crippen LogP contribution in [-0.2, 0) is 4.79 Å². The van der Waals surface area contributed by atoms with E-state index in [9.17, 15) is 4.79 Å². The molecule has 3 rings (SSSR count). The molecule has 0 saturated carbocycles. The summed E-state index contributed by atoms with van der Waals surface area (Å²) in [5.74, 6) is 0.245. The SMILES string of the molecule is Cc1ccc(C)c(NC(=O)CSc2nnc3ccccn23)c1. The van der Waals surface area contributed by atoms with Gasteiger partial charge in [0.05, 0.1) is 5.75 Å². The maximum Gasteiger partial charge on any atom is 0.234 e. The minimum atomic E-state index is -0.0496. The number of carbonyl (C=O) groups excluding carboxylic acids is 1. The standard InChI is InChI=1S/C16H16N4OS/c1-11-6-7-12(2)13(9-11)17-15(21)10-22-16-19-18-14-5-3-4-8-20(14)16/h3-9H,10H2,1-2H3,(H,17,21). The molecule has 0 unspecified atom stereocenters. The Kier molecular flexibility index (Phi) is 4.11. The van der Waals surface area contributed by atoms with Crippen molar-refractivity contribution >= 4 is 29.0 Å². The van der Waals surface area contributed by atoms with Crippen molar-refractivity contribution in [3.63, 3.8) is 0 Å². The molecule has 1 amide bonds. The second-order valence-corrected chi connectivity index (χ2v) is 6.01. The van der Waals surface area contributed by atoms with E-state index < -0.39 is 0 Å². The van der Waals surface area contributed by atoms with E-state index in [-0.39, 0.29) is 5.91 Å². The molecule has 0 saturated heterocycles. The fraction of sp³-hybridized carbons (Fsp3) is 0.188. The Morgan fingerprint density at radius 3 is 2.95 bits per heavy atom. The van der Waals surface area contributed by atoms with E-state index in [1.807, 2.05) is 60.8 Å². The molecule has 2 heterocycles. The molecule has 2 aromatic heterocycles. The topological polar surface area (TPSA) is 59.3 Å². The van der Waals surface area contributed by atoms with Crippen LogP contribution in [0.15, 0.2) is 47.8 Å². The van der Waals surface area contributed by atoms with Gasteiger partial charge in [-0.05, 0) is 43.2 Å². The summed E-state index contributed by atoms with van der Waals surface area (Å²) in [6.45, 7) is 3.99. The number of carbonyl (C=O) groups is 1. The molecule has 6 heteroatoms. The number of nitrogens with zero attached hydrogens (tertiary/aromatic N) is 3. The number of rotatable bonds is 4. The Balaban J connectivity index is 1.66. The Labute approximate surface area is 132 Å². The molecule has 3 aromatic rings. The zero-order valence-corrected chi connectivity index (χ0v) is 13.2. The minimum absolute atomic E-state index is 0.0496. The molecule has 0 bridgehead atoms. The number of hydrogen-bond acceptors (Lipinski definition) is 4. The first-order valence-corrected chi connectivity index (χ1v) is 7.92. The van der Waals surface area contributed by atoms with Crippen molar-refractivity contribution in [1.82, 2.24) is 14.6 Å². The molecular weight excluding hydrogens is 296 g/mol. The Hall–Kier alpha value is -2.34. The van der Waals surface area contributed by atoms with E-state index in [1.165, 1.54) is 11.8 Å². The number of anilines is 1. The lowest BCUT2D eigenvalue weighted by Gasteiger charge is -2.08. The van der Waals surface area contributed by atoms with E-state index in [1.54, 1.807) is 0 Å². The lowest BCUT2D eigenvalue weighted by Crippen LogP contribution is -2.15. The van der Waals surface area contributed by atoms with Crippen LogP contribution >= 0.6 is 11.8 Å². The van der Waals surface area contributed by atoms with Gasteiger partial charge in [0.2, 0.25) is 5.91 Å². The van der Waals surface area contributed by atoms with Gasteiger partial charge in [0.25, 0.3) is 0 Å². The number of benzene rings is 1. The fourth-order valence-corrected chi connectivity index (χ4v) is 2.83. The number of fused-ring (bicyclic) bond motifs is 1. The molecule has 5 nitrogen and oxygen atoms in total. The predicted octanol–water partition coefficient (Wildman–Crippen LogP) is 3.08. The first-order chi connectivity index (χ1) is 10.6. The average Bonchev–Trinajstić information content (AvgIpc) is 2.92. The quantitative estimate of drug-likeness (QED) is 0.752. The Bertz CT molecular complexity index is 828. The maximum atomic E-state index is 12.1. The summed E-state index contributed by atoms with van der Waals surface area (Å²) >= 11 is 1.37. The van der Waals surface area contributed by atoms with Crippen LogP contribution in [0.1, 0.15) is 11.1 Å². The van der Waals surface area contributed by atoms with Gasteiger partial charge in [-0.1, -0.05) is 30.0 Å². The fourth-order valence-electron chi connectivity index (χ4n) is 2.10. The van der Waals surface area contributed by atoms with Gasteiger partial charge in [-0.15, -0.1) is 10.2 Å². The van der Waals surface area contributed by atoms with Crippen LogP contribution in [0.5, 0.6) is 0 Å². The van der Waals surface area contributed by atoms with Crippen molar-refractivity contribution in [2.75, 3.05) is 11.1 Å². The maximum absolute atomic E-state index is 12.1. The van der Waals surface area contributed by atoms with Crippen LogP contribution in [-0.4, -0.2) is 26.3 Å². The summed E-state index contributed by atoms with van der Waals surface area (Å²) < 4.78 is 1.87. The summed E-state index contributed by atoms with van der Waals surface area (Å²) in [6.07, 6.45) is 1.89. The number of thioether (sulfide) groups is 1. The van der Waals surface area contributed by atoms with Gasteiger partial charge < -0.3 is 5.32 Å².